The summed E-state index contributed by atoms with van der Waals surface area (Å²) in [5.41, 5.74) is 2.02. The number of fused-ring (bicyclic) bond motifs is 1. The van der Waals surface area contributed by atoms with E-state index in [0.29, 0.717) is 28.8 Å². The number of benzene rings is 2. The second-order valence-corrected chi connectivity index (χ2v) is 9.67. The molecule has 0 amide bonds. The Morgan fingerprint density at radius 3 is 2.71 bits per heavy atom. The summed E-state index contributed by atoms with van der Waals surface area (Å²) in [6, 6.07) is 9.10. The maximum absolute atomic E-state index is 14.5. The molecule has 8 heteroatoms. The Morgan fingerprint density at radius 1 is 1.21 bits per heavy atom. The number of imidazole rings is 1. The second kappa shape index (κ2) is 8.15. The maximum Gasteiger partial charge on any atom is 0.417 e. The van der Waals surface area contributed by atoms with E-state index in [1.807, 2.05) is 26.0 Å². The van der Waals surface area contributed by atoms with E-state index in [2.05, 4.69) is 27.0 Å². The minimum atomic E-state index is -4.55. The first-order valence-electron chi connectivity index (χ1n) is 11.3. The number of allylic oxidation sites excluding steroid dienone is 3. The third-order valence-electron chi connectivity index (χ3n) is 7.06. The van der Waals surface area contributed by atoms with Crippen LogP contribution < -0.4 is 0 Å². The first-order valence-corrected chi connectivity index (χ1v) is 11.6. The molecule has 1 N–H and O–H groups in total. The zero-order valence-electron chi connectivity index (χ0n) is 18.8. The normalized spacial score (nSPS) is 23.4. The van der Waals surface area contributed by atoms with E-state index in [9.17, 15) is 17.6 Å². The van der Waals surface area contributed by atoms with E-state index in [0.717, 1.165) is 36.7 Å². The molecule has 1 unspecified atom stereocenters. The van der Waals surface area contributed by atoms with Gasteiger partial charge in [0.05, 0.1) is 27.2 Å². The molecule has 178 valence electrons. The van der Waals surface area contributed by atoms with E-state index < -0.39 is 17.3 Å². The van der Waals surface area contributed by atoms with Crippen LogP contribution in [0.25, 0.3) is 11.0 Å². The Hall–Kier alpha value is -2.80. The molecule has 2 heterocycles. The molecule has 0 saturated carbocycles. The molecule has 0 radical (unpaired) electrons. The lowest BCUT2D eigenvalue weighted by Gasteiger charge is -2.39. The predicted octanol–water partition coefficient (Wildman–Crippen LogP) is 7.70. The number of rotatable bonds is 3. The molecular weight excluding hydrogens is 466 g/mol. The number of hydrogen-bond acceptors (Lipinski definition) is 2. The highest BCUT2D eigenvalue weighted by molar-refractivity contribution is 6.32. The van der Waals surface area contributed by atoms with Gasteiger partial charge in [0.2, 0.25) is 0 Å². The van der Waals surface area contributed by atoms with Crippen molar-refractivity contribution in [2.75, 3.05) is 6.54 Å². The summed E-state index contributed by atoms with van der Waals surface area (Å²) in [5.74, 6) is 0.278. The van der Waals surface area contributed by atoms with Gasteiger partial charge in [0.25, 0.3) is 0 Å². The van der Waals surface area contributed by atoms with Crippen molar-refractivity contribution in [3.8, 4) is 0 Å². The Kier molecular flexibility index (Phi) is 5.51. The van der Waals surface area contributed by atoms with Crippen molar-refractivity contribution in [3.05, 3.63) is 87.6 Å². The van der Waals surface area contributed by atoms with Gasteiger partial charge in [0.15, 0.2) is 0 Å². The van der Waals surface area contributed by atoms with Crippen molar-refractivity contribution >= 4 is 22.6 Å². The van der Waals surface area contributed by atoms with Crippen LogP contribution in [-0.2, 0) is 11.7 Å². The van der Waals surface area contributed by atoms with Crippen LogP contribution in [0.5, 0.6) is 0 Å². The van der Waals surface area contributed by atoms with Crippen LogP contribution in [0.3, 0.4) is 0 Å². The molecule has 3 aromatic rings. The number of hydrogen-bond donors (Lipinski definition) is 1. The number of nitrogens with one attached hydrogen (secondary N) is 1. The van der Waals surface area contributed by atoms with Crippen molar-refractivity contribution in [2.45, 2.75) is 50.7 Å². The average Bonchev–Trinajstić information content (AvgIpc) is 3.37. The van der Waals surface area contributed by atoms with Crippen LogP contribution >= 0.6 is 11.6 Å². The molecule has 3 nitrogen and oxygen atoms in total. The van der Waals surface area contributed by atoms with Gasteiger partial charge in [-0.2, -0.15) is 13.2 Å². The maximum atomic E-state index is 14.5. The zero-order chi connectivity index (χ0) is 24.3. The Bertz CT molecular complexity index is 1320. The van der Waals surface area contributed by atoms with Gasteiger partial charge in [-0.3, -0.25) is 0 Å². The smallest absolute Gasteiger partial charge is 0.359 e. The molecule has 1 fully saturated rings. The van der Waals surface area contributed by atoms with Crippen LogP contribution in [0.1, 0.15) is 56.0 Å². The summed E-state index contributed by atoms with van der Waals surface area (Å²) in [6.07, 6.45) is 2.08. The van der Waals surface area contributed by atoms with Crippen molar-refractivity contribution < 1.29 is 17.6 Å². The lowest BCUT2D eigenvalue weighted by molar-refractivity contribution is -0.137. The fourth-order valence-corrected chi connectivity index (χ4v) is 5.46. The number of H-pyrrole nitrogens is 1. The molecular formula is C26H24ClF4N3. The van der Waals surface area contributed by atoms with Crippen LogP contribution in [0.2, 0.25) is 5.02 Å². The molecule has 1 aromatic heterocycles. The number of alkyl halides is 3. The number of nitrogens with zero attached hydrogens (tertiary/aromatic N) is 2. The summed E-state index contributed by atoms with van der Waals surface area (Å²) >= 11 is 5.92. The highest BCUT2D eigenvalue weighted by atomic mass is 35.5. The molecule has 2 aromatic carbocycles. The fraction of sp³-hybridized carbons (Fsp3) is 0.346. The zero-order valence-corrected chi connectivity index (χ0v) is 19.6. The predicted molar refractivity (Wildman–Crippen MR) is 125 cm³/mol. The number of aromatic amines is 1. The summed E-state index contributed by atoms with van der Waals surface area (Å²) in [7, 11) is 0. The molecule has 2 atom stereocenters. The molecule has 2 aliphatic rings. The fourth-order valence-electron chi connectivity index (χ4n) is 5.19. The summed E-state index contributed by atoms with van der Waals surface area (Å²) in [5, 5.41) is -0.368. The quantitative estimate of drug-likeness (QED) is 0.382. The van der Waals surface area contributed by atoms with E-state index in [4.69, 9.17) is 11.6 Å². The summed E-state index contributed by atoms with van der Waals surface area (Å²) in [6.45, 7) is 4.85. The molecule has 0 spiro atoms. The van der Waals surface area contributed by atoms with Crippen molar-refractivity contribution in [3.63, 3.8) is 0 Å². The Morgan fingerprint density at radius 2 is 1.97 bits per heavy atom. The van der Waals surface area contributed by atoms with Crippen molar-refractivity contribution in [2.24, 2.45) is 0 Å². The van der Waals surface area contributed by atoms with E-state index in [1.165, 1.54) is 12.1 Å². The largest absolute Gasteiger partial charge is 0.417 e. The summed E-state index contributed by atoms with van der Waals surface area (Å²) in [4.78, 5) is 10.0. The molecule has 1 aliphatic carbocycles. The standard InChI is InChI=1S/C26H24ClF4N3/c1-15-8-9-16(17-6-3-4-7-20(17)28)12-23(15)34-11-5-10-25(34,2)24-32-21-13-18(26(29,30)31)19(27)14-22(21)33-24/h3-4,6-8,12-14,16H,5,9-11H2,1-2H3,(H,32,33)/t16?,25-/m0/s1. The van der Waals surface area contributed by atoms with E-state index in [-0.39, 0.29) is 16.8 Å². The van der Waals surface area contributed by atoms with Gasteiger partial charge in [-0.15, -0.1) is 0 Å². The highest BCUT2D eigenvalue weighted by Crippen LogP contribution is 2.45. The topological polar surface area (TPSA) is 31.9 Å². The van der Waals surface area contributed by atoms with Gasteiger partial charge in [-0.25, -0.2) is 9.37 Å². The average molecular weight is 490 g/mol. The van der Waals surface area contributed by atoms with Crippen molar-refractivity contribution in [1.82, 2.24) is 14.9 Å². The van der Waals surface area contributed by atoms with Crippen molar-refractivity contribution in [1.29, 1.82) is 0 Å². The first-order chi connectivity index (χ1) is 16.1. The van der Waals surface area contributed by atoms with Gasteiger partial charge < -0.3 is 9.88 Å². The second-order valence-electron chi connectivity index (χ2n) is 9.26. The van der Waals surface area contributed by atoms with E-state index in [1.54, 1.807) is 6.07 Å². The minimum absolute atomic E-state index is 0.0893. The first kappa shape index (κ1) is 23.0. The third-order valence-corrected chi connectivity index (χ3v) is 7.38. The minimum Gasteiger partial charge on any atom is -0.359 e. The van der Waals surface area contributed by atoms with Crippen LogP contribution in [0.15, 0.2) is 59.8 Å². The number of likely N-dealkylation sites (tertiary alicyclic amines) is 1. The van der Waals surface area contributed by atoms with Gasteiger partial charge in [0.1, 0.15) is 11.6 Å². The molecule has 5 rings (SSSR count). The third kappa shape index (κ3) is 3.80. The van der Waals surface area contributed by atoms with Gasteiger partial charge in [-0.05, 0) is 62.4 Å². The van der Waals surface area contributed by atoms with Gasteiger partial charge in [0, 0.05) is 18.2 Å². The Balaban J connectivity index is 1.55. The van der Waals surface area contributed by atoms with Crippen LogP contribution in [0.4, 0.5) is 17.6 Å². The molecule has 1 aliphatic heterocycles. The number of halogens is 5. The lowest BCUT2D eigenvalue weighted by atomic mass is 9.87. The Labute approximate surface area is 200 Å². The van der Waals surface area contributed by atoms with Crippen LogP contribution in [0, 0.1) is 5.82 Å². The highest BCUT2D eigenvalue weighted by Gasteiger charge is 2.43. The molecule has 34 heavy (non-hydrogen) atoms. The van der Waals surface area contributed by atoms with Gasteiger partial charge >= 0.3 is 6.18 Å². The van der Waals surface area contributed by atoms with Gasteiger partial charge in [-0.1, -0.05) is 42.0 Å². The lowest BCUT2D eigenvalue weighted by Crippen LogP contribution is -2.39. The van der Waals surface area contributed by atoms with E-state index >= 15 is 0 Å². The molecule has 1 saturated heterocycles. The van der Waals surface area contributed by atoms with Crippen LogP contribution in [-0.4, -0.2) is 21.4 Å². The SMILES string of the molecule is CC1=CCC(c2ccccc2F)C=C1N1CCC[C@@]1(C)c1nc2cc(Cl)c(C(F)(F)F)cc2[nH]1. The number of aromatic nitrogens is 2. The summed E-state index contributed by atoms with van der Waals surface area (Å²) < 4.78 is 54.5. The monoisotopic (exact) mass is 489 g/mol. The molecule has 0 bridgehead atoms.